The predicted molar refractivity (Wildman–Crippen MR) is 94.7 cm³/mol. The van der Waals surface area contributed by atoms with E-state index in [0.29, 0.717) is 17.0 Å². The number of ether oxygens (including phenoxy) is 1. The van der Waals surface area contributed by atoms with Crippen LogP contribution in [0, 0.1) is 13.8 Å². The lowest BCUT2D eigenvalue weighted by Gasteiger charge is -2.12. The zero-order valence-electron chi connectivity index (χ0n) is 13.4. The molecule has 2 heterocycles. The van der Waals surface area contributed by atoms with E-state index in [-0.39, 0.29) is 5.75 Å². The summed E-state index contributed by atoms with van der Waals surface area (Å²) in [4.78, 5) is 9.00. The Kier molecular flexibility index (Phi) is 3.31. The highest BCUT2D eigenvalue weighted by Gasteiger charge is 2.11. The second kappa shape index (κ2) is 5.49. The number of benzene rings is 2. The molecule has 0 fully saturated rings. The Labute approximate surface area is 139 Å². The van der Waals surface area contributed by atoms with Crippen LogP contribution < -0.4 is 4.74 Å². The first-order valence-corrected chi connectivity index (χ1v) is 7.75. The molecule has 2 aromatic carbocycles. The Bertz CT molecular complexity index is 1070. The van der Waals surface area contributed by atoms with E-state index >= 15 is 0 Å². The third-order valence-electron chi connectivity index (χ3n) is 3.98. The van der Waals surface area contributed by atoms with Crippen molar-refractivity contribution < 1.29 is 9.84 Å². The monoisotopic (exact) mass is 316 g/mol. The molecule has 1 N–H and O–H groups in total. The van der Waals surface area contributed by atoms with Gasteiger partial charge in [-0.25, -0.2) is 9.97 Å². The van der Waals surface area contributed by atoms with Crippen LogP contribution in [0.2, 0.25) is 0 Å². The summed E-state index contributed by atoms with van der Waals surface area (Å²) in [6, 6.07) is 17.0. The third-order valence-corrected chi connectivity index (χ3v) is 3.98. The molecule has 24 heavy (non-hydrogen) atoms. The van der Waals surface area contributed by atoms with Crippen LogP contribution in [-0.2, 0) is 0 Å². The van der Waals surface area contributed by atoms with Crippen LogP contribution in [-0.4, -0.2) is 15.1 Å². The minimum Gasteiger partial charge on any atom is -0.506 e. The van der Waals surface area contributed by atoms with Gasteiger partial charge >= 0.3 is 0 Å². The standard InChI is InChI=1S/C20H16N2O2/c1-12-6-8-14-4-3-5-18(19(14)21-12)24-17-11-10-16(23)20-15(17)9-7-13(2)22-20/h3-11,23H,1-2H3. The number of nitrogens with zero attached hydrogens (tertiary/aromatic N) is 2. The van der Waals surface area contributed by atoms with Crippen molar-refractivity contribution >= 4 is 21.8 Å². The number of aryl methyl sites for hydroxylation is 2. The first kappa shape index (κ1) is 14.5. The minimum atomic E-state index is 0.146. The first-order valence-electron chi connectivity index (χ1n) is 7.75. The van der Waals surface area contributed by atoms with Gasteiger partial charge in [0.15, 0.2) is 5.75 Å². The van der Waals surface area contributed by atoms with Crippen molar-refractivity contribution in [2.45, 2.75) is 13.8 Å². The molecule has 0 saturated heterocycles. The molecule has 4 aromatic rings. The fourth-order valence-corrected chi connectivity index (χ4v) is 2.78. The van der Waals surface area contributed by atoms with Crippen molar-refractivity contribution in [1.29, 1.82) is 0 Å². The maximum Gasteiger partial charge on any atom is 0.153 e. The van der Waals surface area contributed by atoms with Crippen LogP contribution in [0.5, 0.6) is 17.2 Å². The van der Waals surface area contributed by atoms with Crippen molar-refractivity contribution in [2.24, 2.45) is 0 Å². The summed E-state index contributed by atoms with van der Waals surface area (Å²) in [7, 11) is 0. The number of phenolic OH excluding ortho intramolecular Hbond substituents is 1. The lowest BCUT2D eigenvalue weighted by atomic mass is 10.1. The number of hydrogen-bond acceptors (Lipinski definition) is 4. The maximum absolute atomic E-state index is 10.1. The second-order valence-corrected chi connectivity index (χ2v) is 5.81. The Morgan fingerprint density at radius 1 is 0.750 bits per heavy atom. The molecule has 0 aliphatic heterocycles. The van der Waals surface area contributed by atoms with Crippen molar-refractivity contribution in [3.8, 4) is 17.2 Å². The number of para-hydroxylation sites is 1. The summed E-state index contributed by atoms with van der Waals surface area (Å²) in [5.41, 5.74) is 3.14. The molecular weight excluding hydrogens is 300 g/mol. The fourth-order valence-electron chi connectivity index (χ4n) is 2.78. The topological polar surface area (TPSA) is 55.2 Å². The van der Waals surface area contributed by atoms with Crippen molar-refractivity contribution in [2.75, 3.05) is 0 Å². The van der Waals surface area contributed by atoms with Gasteiger partial charge in [-0.3, -0.25) is 0 Å². The molecule has 0 atom stereocenters. The van der Waals surface area contributed by atoms with Gasteiger partial charge in [0.1, 0.15) is 22.5 Å². The highest BCUT2D eigenvalue weighted by molar-refractivity contribution is 5.91. The third kappa shape index (κ3) is 2.42. The highest BCUT2D eigenvalue weighted by Crippen LogP contribution is 2.36. The number of fused-ring (bicyclic) bond motifs is 2. The van der Waals surface area contributed by atoms with Gasteiger partial charge in [-0.15, -0.1) is 0 Å². The Balaban J connectivity index is 1.89. The summed E-state index contributed by atoms with van der Waals surface area (Å²) < 4.78 is 6.14. The molecule has 0 unspecified atom stereocenters. The lowest BCUT2D eigenvalue weighted by molar-refractivity contribution is 0.473. The van der Waals surface area contributed by atoms with Crippen LogP contribution >= 0.6 is 0 Å². The van der Waals surface area contributed by atoms with Crippen LogP contribution in [0.1, 0.15) is 11.4 Å². The number of hydrogen-bond donors (Lipinski definition) is 1. The molecule has 0 radical (unpaired) electrons. The van der Waals surface area contributed by atoms with Gasteiger partial charge in [0, 0.05) is 22.2 Å². The molecule has 0 bridgehead atoms. The van der Waals surface area contributed by atoms with E-state index in [9.17, 15) is 5.11 Å². The van der Waals surface area contributed by atoms with E-state index in [1.165, 1.54) is 0 Å². The van der Waals surface area contributed by atoms with E-state index in [1.54, 1.807) is 12.1 Å². The van der Waals surface area contributed by atoms with Crippen molar-refractivity contribution in [1.82, 2.24) is 9.97 Å². The van der Waals surface area contributed by atoms with E-state index in [0.717, 1.165) is 27.7 Å². The average molecular weight is 316 g/mol. The second-order valence-electron chi connectivity index (χ2n) is 5.81. The Hall–Kier alpha value is -3.14. The summed E-state index contributed by atoms with van der Waals surface area (Å²) >= 11 is 0. The van der Waals surface area contributed by atoms with Crippen molar-refractivity contribution in [3.63, 3.8) is 0 Å². The van der Waals surface area contributed by atoms with Gasteiger partial charge in [-0.1, -0.05) is 18.2 Å². The maximum atomic E-state index is 10.1. The number of aromatic nitrogens is 2. The summed E-state index contributed by atoms with van der Waals surface area (Å²) in [5.74, 6) is 1.47. The van der Waals surface area contributed by atoms with Gasteiger partial charge in [0.25, 0.3) is 0 Å². The molecule has 4 rings (SSSR count). The van der Waals surface area contributed by atoms with Crippen molar-refractivity contribution in [3.05, 3.63) is 66.0 Å². The molecule has 0 amide bonds. The van der Waals surface area contributed by atoms with Gasteiger partial charge in [-0.2, -0.15) is 0 Å². The largest absolute Gasteiger partial charge is 0.506 e. The van der Waals surface area contributed by atoms with Gasteiger partial charge < -0.3 is 9.84 Å². The normalized spacial score (nSPS) is 11.1. The molecule has 0 aliphatic carbocycles. The number of rotatable bonds is 2. The molecule has 118 valence electrons. The zero-order valence-corrected chi connectivity index (χ0v) is 13.4. The highest BCUT2D eigenvalue weighted by atomic mass is 16.5. The Morgan fingerprint density at radius 3 is 2.33 bits per heavy atom. The molecule has 0 spiro atoms. The molecular formula is C20H16N2O2. The number of aromatic hydroxyl groups is 1. The molecule has 4 nitrogen and oxygen atoms in total. The summed E-state index contributed by atoms with van der Waals surface area (Å²) in [6.07, 6.45) is 0. The van der Waals surface area contributed by atoms with Crippen LogP contribution in [0.25, 0.3) is 21.8 Å². The van der Waals surface area contributed by atoms with Crippen LogP contribution in [0.4, 0.5) is 0 Å². The van der Waals surface area contributed by atoms with E-state index in [4.69, 9.17) is 4.74 Å². The Morgan fingerprint density at radius 2 is 1.50 bits per heavy atom. The van der Waals surface area contributed by atoms with Gasteiger partial charge in [0.2, 0.25) is 0 Å². The van der Waals surface area contributed by atoms with E-state index < -0.39 is 0 Å². The molecule has 4 heteroatoms. The summed E-state index contributed by atoms with van der Waals surface area (Å²) in [6.45, 7) is 3.85. The zero-order chi connectivity index (χ0) is 16.7. The summed E-state index contributed by atoms with van der Waals surface area (Å²) in [5, 5.41) is 11.9. The molecule has 2 aromatic heterocycles. The lowest BCUT2D eigenvalue weighted by Crippen LogP contribution is -1.92. The van der Waals surface area contributed by atoms with E-state index in [2.05, 4.69) is 9.97 Å². The van der Waals surface area contributed by atoms with E-state index in [1.807, 2.05) is 56.3 Å². The SMILES string of the molecule is Cc1ccc2cccc(Oc3ccc(O)c4nc(C)ccc34)c2n1. The molecule has 0 aliphatic rings. The van der Waals surface area contributed by atoms with Crippen LogP contribution in [0.15, 0.2) is 54.6 Å². The number of phenols is 1. The minimum absolute atomic E-state index is 0.146. The quantitative estimate of drug-likeness (QED) is 0.571. The van der Waals surface area contributed by atoms with Gasteiger partial charge in [0.05, 0.1) is 0 Å². The van der Waals surface area contributed by atoms with Gasteiger partial charge in [-0.05, 0) is 50.2 Å². The molecule has 0 saturated carbocycles. The number of pyridine rings is 2. The first-order chi connectivity index (χ1) is 11.6. The van der Waals surface area contributed by atoms with Crippen LogP contribution in [0.3, 0.4) is 0 Å². The average Bonchev–Trinajstić information content (AvgIpc) is 2.58. The predicted octanol–water partition coefficient (Wildman–Crippen LogP) is 4.90. The fraction of sp³-hybridized carbons (Fsp3) is 0.100. The smallest absolute Gasteiger partial charge is 0.153 e.